The van der Waals surface area contributed by atoms with Crippen LogP contribution in [0.1, 0.15) is 15.2 Å². The molecule has 0 aliphatic heterocycles. The second-order valence-electron chi connectivity index (χ2n) is 5.61. The van der Waals surface area contributed by atoms with E-state index < -0.39 is 0 Å². The van der Waals surface area contributed by atoms with E-state index in [9.17, 15) is 4.79 Å². The number of para-hydroxylation sites is 1. The summed E-state index contributed by atoms with van der Waals surface area (Å²) in [5.74, 6) is -0.110. The number of amides is 1. The van der Waals surface area contributed by atoms with Crippen LogP contribution in [0.3, 0.4) is 0 Å². The Morgan fingerprint density at radius 2 is 1.83 bits per heavy atom. The molecule has 2 aromatic heterocycles. The number of halogens is 1. The molecule has 2 heterocycles. The molecule has 0 atom stereocenters. The molecular formula is C19H15ClN2OS. The molecule has 0 bridgehead atoms. The van der Waals surface area contributed by atoms with Gasteiger partial charge in [0.1, 0.15) is 4.88 Å². The first-order chi connectivity index (χ1) is 11.7. The van der Waals surface area contributed by atoms with Crippen LogP contribution in [0.15, 0.2) is 54.7 Å². The monoisotopic (exact) mass is 354 g/mol. The minimum atomic E-state index is -0.110. The summed E-state index contributed by atoms with van der Waals surface area (Å²) < 4.78 is 1.03. The number of aromatic nitrogens is 1. The second kappa shape index (κ2) is 6.30. The zero-order chi connectivity index (χ0) is 16.5. The first-order valence-corrected chi connectivity index (χ1v) is 8.93. The summed E-state index contributed by atoms with van der Waals surface area (Å²) in [5, 5.41) is 5.66. The van der Waals surface area contributed by atoms with Gasteiger partial charge < -0.3 is 10.3 Å². The van der Waals surface area contributed by atoms with Crippen LogP contribution in [0.2, 0.25) is 5.02 Å². The highest BCUT2D eigenvalue weighted by Crippen LogP contribution is 2.34. The molecule has 1 amide bonds. The maximum absolute atomic E-state index is 12.4. The maximum Gasteiger partial charge on any atom is 0.262 e. The minimum absolute atomic E-state index is 0.110. The molecule has 24 heavy (non-hydrogen) atoms. The lowest BCUT2D eigenvalue weighted by molar-refractivity contribution is 0.0958. The van der Waals surface area contributed by atoms with Crippen LogP contribution >= 0.6 is 22.9 Å². The summed E-state index contributed by atoms with van der Waals surface area (Å²) in [4.78, 5) is 16.3. The molecule has 2 aromatic carbocycles. The highest BCUT2D eigenvalue weighted by atomic mass is 35.5. The van der Waals surface area contributed by atoms with Crippen molar-refractivity contribution < 1.29 is 4.79 Å². The summed E-state index contributed by atoms with van der Waals surface area (Å²) in [5.41, 5.74) is 2.32. The van der Waals surface area contributed by atoms with Gasteiger partial charge in [0.2, 0.25) is 0 Å². The fourth-order valence-corrected chi connectivity index (χ4v) is 4.32. The van der Waals surface area contributed by atoms with Gasteiger partial charge in [-0.25, -0.2) is 0 Å². The molecule has 4 rings (SSSR count). The lowest BCUT2D eigenvalue weighted by Crippen LogP contribution is -2.25. The van der Waals surface area contributed by atoms with Gasteiger partial charge in [0.15, 0.2) is 0 Å². The van der Waals surface area contributed by atoms with E-state index >= 15 is 0 Å². The molecule has 2 N–H and O–H groups in total. The van der Waals surface area contributed by atoms with Gasteiger partial charge in [0.25, 0.3) is 5.91 Å². The number of carbonyl (C=O) groups excluding carboxylic acids is 1. The summed E-state index contributed by atoms with van der Waals surface area (Å²) >= 11 is 7.79. The fraction of sp³-hybridized carbons (Fsp3) is 0.105. The maximum atomic E-state index is 12.4. The van der Waals surface area contributed by atoms with Gasteiger partial charge >= 0.3 is 0 Å². The predicted octanol–water partition coefficient (Wildman–Crippen LogP) is 5.01. The van der Waals surface area contributed by atoms with Crippen LogP contribution in [0, 0.1) is 0 Å². The normalized spacial score (nSPS) is 11.2. The Morgan fingerprint density at radius 1 is 1.08 bits per heavy atom. The van der Waals surface area contributed by atoms with Crippen molar-refractivity contribution in [1.82, 2.24) is 10.3 Å². The molecule has 0 saturated heterocycles. The average molecular weight is 355 g/mol. The lowest BCUT2D eigenvalue weighted by Gasteiger charge is -2.03. The number of hydrogen-bond donors (Lipinski definition) is 2. The van der Waals surface area contributed by atoms with E-state index in [0.717, 1.165) is 22.0 Å². The van der Waals surface area contributed by atoms with Crippen molar-refractivity contribution in [3.63, 3.8) is 0 Å². The van der Waals surface area contributed by atoms with Gasteiger partial charge in [0, 0.05) is 33.7 Å². The molecule has 4 aromatic rings. The summed E-state index contributed by atoms with van der Waals surface area (Å²) in [6, 6.07) is 16.0. The molecule has 0 saturated carbocycles. The third-order valence-corrected chi connectivity index (χ3v) is 5.77. The Bertz CT molecular complexity index is 1030. The summed E-state index contributed by atoms with van der Waals surface area (Å²) in [7, 11) is 0. The standard InChI is InChI=1S/C19H15ClN2OS/c20-17-14-6-2-4-8-16(14)24-18(17)19(23)21-10-9-12-11-22-15-7-3-1-5-13(12)15/h1-8,11,22H,9-10H2,(H,21,23). The van der Waals surface area contributed by atoms with Gasteiger partial charge in [-0.1, -0.05) is 48.0 Å². The van der Waals surface area contributed by atoms with Gasteiger partial charge in [-0.3, -0.25) is 4.79 Å². The first-order valence-electron chi connectivity index (χ1n) is 7.74. The van der Waals surface area contributed by atoms with Crippen LogP contribution in [0.5, 0.6) is 0 Å². The van der Waals surface area contributed by atoms with Crippen LogP contribution in [-0.2, 0) is 6.42 Å². The molecule has 0 radical (unpaired) electrons. The van der Waals surface area contributed by atoms with Gasteiger partial charge in [-0.15, -0.1) is 11.3 Å². The van der Waals surface area contributed by atoms with Crippen LogP contribution in [0.4, 0.5) is 0 Å². The fourth-order valence-electron chi connectivity index (χ4n) is 2.89. The van der Waals surface area contributed by atoms with E-state index in [4.69, 9.17) is 11.6 Å². The molecule has 0 fully saturated rings. The zero-order valence-electron chi connectivity index (χ0n) is 12.8. The number of fused-ring (bicyclic) bond motifs is 2. The van der Waals surface area contributed by atoms with E-state index in [1.54, 1.807) is 0 Å². The average Bonchev–Trinajstić information content (AvgIpc) is 3.17. The number of nitrogens with one attached hydrogen (secondary N) is 2. The molecular weight excluding hydrogens is 340 g/mol. The highest BCUT2D eigenvalue weighted by molar-refractivity contribution is 7.21. The highest BCUT2D eigenvalue weighted by Gasteiger charge is 2.16. The number of H-pyrrole nitrogens is 1. The van der Waals surface area contributed by atoms with Gasteiger partial charge in [-0.2, -0.15) is 0 Å². The van der Waals surface area contributed by atoms with Crippen LogP contribution in [-0.4, -0.2) is 17.4 Å². The van der Waals surface area contributed by atoms with Gasteiger partial charge in [-0.05, 0) is 24.1 Å². The number of benzene rings is 2. The number of thiophene rings is 1. The van der Waals surface area contributed by atoms with Crippen molar-refractivity contribution in [3.8, 4) is 0 Å². The Labute approximate surface area is 148 Å². The van der Waals surface area contributed by atoms with Crippen LogP contribution < -0.4 is 5.32 Å². The third kappa shape index (κ3) is 2.68. The van der Waals surface area contributed by atoms with E-state index in [1.165, 1.54) is 22.3 Å². The minimum Gasteiger partial charge on any atom is -0.361 e. The SMILES string of the molecule is O=C(NCCc1c[nH]c2ccccc12)c1sc2ccccc2c1Cl. The Balaban J connectivity index is 1.47. The Kier molecular flexibility index (Phi) is 4.00. The first kappa shape index (κ1) is 15.2. The van der Waals surface area contributed by atoms with Crippen molar-refractivity contribution in [2.24, 2.45) is 0 Å². The Morgan fingerprint density at radius 3 is 2.67 bits per heavy atom. The summed E-state index contributed by atoms with van der Waals surface area (Å²) in [6.07, 6.45) is 2.78. The quantitative estimate of drug-likeness (QED) is 0.531. The van der Waals surface area contributed by atoms with Gasteiger partial charge in [0.05, 0.1) is 5.02 Å². The molecule has 0 aliphatic rings. The van der Waals surface area contributed by atoms with E-state index in [2.05, 4.69) is 16.4 Å². The van der Waals surface area contributed by atoms with E-state index in [-0.39, 0.29) is 5.91 Å². The summed E-state index contributed by atoms with van der Waals surface area (Å²) in [6.45, 7) is 0.575. The molecule has 5 heteroatoms. The number of rotatable bonds is 4. The number of hydrogen-bond acceptors (Lipinski definition) is 2. The number of carbonyl (C=O) groups is 1. The van der Waals surface area contributed by atoms with Crippen molar-refractivity contribution in [1.29, 1.82) is 0 Å². The molecule has 3 nitrogen and oxygen atoms in total. The Hall–Kier alpha value is -2.30. The number of aromatic amines is 1. The third-order valence-electron chi connectivity index (χ3n) is 4.10. The van der Waals surface area contributed by atoms with E-state index in [1.807, 2.05) is 48.7 Å². The second-order valence-corrected chi connectivity index (χ2v) is 7.04. The molecule has 0 spiro atoms. The van der Waals surface area contributed by atoms with Crippen molar-refractivity contribution in [2.45, 2.75) is 6.42 Å². The smallest absolute Gasteiger partial charge is 0.262 e. The van der Waals surface area contributed by atoms with Crippen molar-refractivity contribution >= 4 is 49.8 Å². The molecule has 120 valence electrons. The van der Waals surface area contributed by atoms with Crippen molar-refractivity contribution in [3.05, 3.63) is 70.2 Å². The van der Waals surface area contributed by atoms with E-state index in [0.29, 0.717) is 16.4 Å². The van der Waals surface area contributed by atoms with Crippen LogP contribution in [0.25, 0.3) is 21.0 Å². The van der Waals surface area contributed by atoms with Crippen molar-refractivity contribution in [2.75, 3.05) is 6.54 Å². The topological polar surface area (TPSA) is 44.9 Å². The largest absolute Gasteiger partial charge is 0.361 e. The zero-order valence-corrected chi connectivity index (χ0v) is 14.4. The predicted molar refractivity (Wildman–Crippen MR) is 101 cm³/mol. The molecule has 0 unspecified atom stereocenters. The lowest BCUT2D eigenvalue weighted by atomic mass is 10.1. The molecule has 0 aliphatic carbocycles.